The summed E-state index contributed by atoms with van der Waals surface area (Å²) in [5.74, 6) is -72.3. The van der Waals surface area contributed by atoms with Gasteiger partial charge in [0.15, 0.2) is 82.5 Å². The van der Waals surface area contributed by atoms with Gasteiger partial charge in [-0.15, -0.1) is 21.9 Å². The topological polar surface area (TPSA) is 41.2 Å². The number of hydrogen-bond acceptors (Lipinski definition) is 1. The molecule has 0 atom stereocenters. The van der Waals surface area contributed by atoms with Crippen LogP contribution < -0.4 is 26.4 Å². The third kappa shape index (κ3) is 7.42. The molecule has 1 N–H and O–H groups in total. The summed E-state index contributed by atoms with van der Waals surface area (Å²) in [4.78, 5) is 11.2. The highest BCUT2D eigenvalue weighted by Crippen LogP contribution is 2.31. The van der Waals surface area contributed by atoms with Crippen molar-refractivity contribution in [2.45, 2.75) is 6.54 Å². The Balaban J connectivity index is 0.000000289. The molecule has 1 aromatic heterocycles. The zero-order chi connectivity index (χ0) is 48.3. The van der Waals surface area contributed by atoms with Gasteiger partial charge >= 0.3 is 5.97 Å². The maximum Gasteiger partial charge on any atom is 0.341 e. The van der Waals surface area contributed by atoms with Crippen LogP contribution in [0.3, 0.4) is 0 Å². The van der Waals surface area contributed by atoms with Crippen molar-refractivity contribution in [1.82, 2.24) is 0 Å². The number of carboxylic acid groups (broad SMARTS) is 1. The molecule has 0 aliphatic carbocycles. The summed E-state index contributed by atoms with van der Waals surface area (Å²) in [5, 5.41) is 10.2. The van der Waals surface area contributed by atoms with Crippen LogP contribution in [-0.2, 0) is 6.54 Å². The molecule has 0 fully saturated rings. The zero-order valence-corrected chi connectivity index (χ0v) is 31.0. The molecule has 338 valence electrons. The van der Waals surface area contributed by atoms with Gasteiger partial charge in [-0.3, -0.25) is 0 Å². The van der Waals surface area contributed by atoms with Gasteiger partial charge in [0.1, 0.15) is 58.2 Å². The SMILES string of the molecule is Fc1c(F)c(F)c([B-](c2c(F)c(F)c(F)c(F)c2F)(c2c(F)c(F)c(F)c(F)c2F)c2c(F)c(F)c(F)c(F)c2F)c(F)c1F.O=C(O)c1cc2ccccc2[n+](Cc2ccccc2)c1. The molecule has 24 heteroatoms. The second-order valence-corrected chi connectivity index (χ2v) is 13.5. The Bertz CT molecular complexity index is 2730. The summed E-state index contributed by atoms with van der Waals surface area (Å²) < 4.78 is 296. The Morgan fingerprint density at radius 1 is 0.400 bits per heavy atom. The minimum atomic E-state index is -7.22. The number of halogens is 20. The summed E-state index contributed by atoms with van der Waals surface area (Å²) in [6.45, 7) is 0.655. The number of hydrogen-bond donors (Lipinski definition) is 1. The number of benzene rings is 6. The van der Waals surface area contributed by atoms with Gasteiger partial charge in [-0.25, -0.2) is 92.6 Å². The van der Waals surface area contributed by atoms with Gasteiger partial charge in [0, 0.05) is 17.0 Å². The van der Waals surface area contributed by atoms with E-state index in [1.54, 1.807) is 12.3 Å². The zero-order valence-electron chi connectivity index (χ0n) is 31.0. The predicted molar refractivity (Wildman–Crippen MR) is 186 cm³/mol. The fraction of sp³-hybridized carbons (Fsp3) is 0.0244. The van der Waals surface area contributed by atoms with Crippen LogP contribution in [0.4, 0.5) is 87.8 Å². The predicted octanol–water partition coefficient (Wildman–Crippen LogP) is 8.72. The molecule has 0 radical (unpaired) electrons. The van der Waals surface area contributed by atoms with E-state index in [1.807, 2.05) is 59.2 Å². The van der Waals surface area contributed by atoms with E-state index in [9.17, 15) is 62.6 Å². The summed E-state index contributed by atoms with van der Waals surface area (Å²) in [6.07, 6.45) is -5.52. The van der Waals surface area contributed by atoms with E-state index in [1.165, 1.54) is 0 Å². The summed E-state index contributed by atoms with van der Waals surface area (Å²) in [7, 11) is 0. The third-order valence-electron chi connectivity index (χ3n) is 10.0. The Labute approximate surface area is 347 Å². The molecule has 0 aliphatic rings. The van der Waals surface area contributed by atoms with Crippen LogP contribution in [0.5, 0.6) is 0 Å². The number of carbonyl (C=O) groups is 1. The van der Waals surface area contributed by atoms with Crippen molar-refractivity contribution >= 4 is 44.9 Å². The van der Waals surface area contributed by atoms with Gasteiger partial charge in [0.25, 0.3) is 0 Å². The van der Waals surface area contributed by atoms with Crippen molar-refractivity contribution in [2.24, 2.45) is 0 Å². The molecule has 7 aromatic rings. The van der Waals surface area contributed by atoms with Crippen LogP contribution in [0.1, 0.15) is 15.9 Å². The first-order valence-corrected chi connectivity index (χ1v) is 17.4. The lowest BCUT2D eigenvalue weighted by molar-refractivity contribution is -0.662. The molecule has 0 bridgehead atoms. The lowest BCUT2D eigenvalue weighted by Crippen LogP contribution is -2.81. The maximum atomic E-state index is 15.4. The number of para-hydroxylation sites is 1. The molecule has 0 saturated heterocycles. The van der Waals surface area contributed by atoms with Crippen LogP contribution in [0, 0.1) is 116 Å². The van der Waals surface area contributed by atoms with Crippen molar-refractivity contribution in [1.29, 1.82) is 0 Å². The molecule has 0 spiro atoms. The standard InChI is InChI=1S/C24BF20.C17H13NO2/c26-5-1(6(27)14(35)21(42)13(5)34)25(2-7(28)15(36)22(43)16(37)8(2)29,3-9(30)17(38)23(44)18(39)10(3)31)4-11(32)19(40)24(45)20(41)12(4)33;19-17(20)15-10-14-8-4-5-9-16(14)18(12-15)11-13-6-2-1-3-7-13/h;1-10,12H,11H2/q-1;/p+1. The third-order valence-corrected chi connectivity index (χ3v) is 10.0. The number of carboxylic acids is 1. The van der Waals surface area contributed by atoms with Gasteiger partial charge in [0.2, 0.25) is 5.52 Å². The molecule has 0 unspecified atom stereocenters. The average Bonchev–Trinajstić information content (AvgIpc) is 3.29. The van der Waals surface area contributed by atoms with E-state index in [4.69, 9.17) is 0 Å². The molecule has 0 amide bonds. The highest BCUT2D eigenvalue weighted by molar-refractivity contribution is 7.20. The van der Waals surface area contributed by atoms with E-state index >= 15 is 35.1 Å². The number of fused-ring (bicyclic) bond motifs is 1. The second-order valence-electron chi connectivity index (χ2n) is 13.5. The van der Waals surface area contributed by atoms with Gasteiger partial charge in [0.05, 0.1) is 0 Å². The lowest BCUT2D eigenvalue weighted by atomic mass is 9.12. The fourth-order valence-electron chi connectivity index (χ4n) is 7.22. The lowest BCUT2D eigenvalue weighted by Gasteiger charge is -2.44. The summed E-state index contributed by atoms with van der Waals surface area (Å²) in [6, 6.07) is 19.5. The van der Waals surface area contributed by atoms with Gasteiger partial charge in [-0.1, -0.05) is 42.5 Å². The number of aromatic carboxylic acids is 1. The smallest absolute Gasteiger partial charge is 0.341 e. The largest absolute Gasteiger partial charge is 0.477 e. The Hall–Kier alpha value is -7.14. The second kappa shape index (κ2) is 17.4. The molecule has 7 rings (SSSR count). The molecule has 65 heavy (non-hydrogen) atoms. The first-order valence-electron chi connectivity index (χ1n) is 17.4. The van der Waals surface area contributed by atoms with E-state index in [0.717, 1.165) is 16.5 Å². The summed E-state index contributed by atoms with van der Waals surface area (Å²) >= 11 is 0. The quantitative estimate of drug-likeness (QED) is 0.0572. The molecular formula is C41H14BF20NO2. The molecular weight excluding hydrogens is 929 g/mol. The summed E-state index contributed by atoms with van der Waals surface area (Å²) in [5.41, 5.74) is -11.9. The molecule has 1 heterocycles. The Kier molecular flexibility index (Phi) is 12.7. The highest BCUT2D eigenvalue weighted by atomic mass is 19.2. The normalized spacial score (nSPS) is 11.6. The van der Waals surface area contributed by atoms with Crippen LogP contribution in [0.2, 0.25) is 0 Å². The van der Waals surface area contributed by atoms with Gasteiger partial charge in [-0.2, -0.15) is 4.57 Å². The highest BCUT2D eigenvalue weighted by Gasteiger charge is 2.52. The van der Waals surface area contributed by atoms with Gasteiger partial charge in [-0.05, 0) is 12.1 Å². The number of aromatic nitrogens is 1. The Morgan fingerprint density at radius 3 is 0.985 bits per heavy atom. The van der Waals surface area contributed by atoms with Crippen molar-refractivity contribution in [3.63, 3.8) is 0 Å². The van der Waals surface area contributed by atoms with Crippen LogP contribution in [0.15, 0.2) is 66.9 Å². The van der Waals surface area contributed by atoms with Crippen molar-refractivity contribution in [3.8, 4) is 0 Å². The van der Waals surface area contributed by atoms with Crippen molar-refractivity contribution < 1.29 is 102 Å². The molecule has 0 saturated carbocycles. The van der Waals surface area contributed by atoms with Crippen molar-refractivity contribution in [3.05, 3.63) is 194 Å². The van der Waals surface area contributed by atoms with Crippen molar-refractivity contribution in [2.75, 3.05) is 0 Å². The molecule has 0 aliphatic heterocycles. The van der Waals surface area contributed by atoms with E-state index in [-0.39, 0.29) is 0 Å². The molecule has 3 nitrogen and oxygen atoms in total. The maximum absolute atomic E-state index is 15.4. The van der Waals surface area contributed by atoms with Gasteiger partial charge < -0.3 is 5.11 Å². The van der Waals surface area contributed by atoms with Crippen LogP contribution in [-0.4, -0.2) is 17.2 Å². The first kappa shape index (κ1) is 47.3. The van der Waals surface area contributed by atoms with Crippen LogP contribution in [0.25, 0.3) is 10.9 Å². The minimum absolute atomic E-state index is 0.305. The van der Waals surface area contributed by atoms with Crippen LogP contribution >= 0.6 is 0 Å². The average molecular weight is 943 g/mol. The molecule has 6 aromatic carbocycles. The first-order chi connectivity index (χ1) is 30.4. The van der Waals surface area contributed by atoms with E-state index < -0.39 is 150 Å². The fourth-order valence-corrected chi connectivity index (χ4v) is 7.22. The number of rotatable bonds is 7. The Morgan fingerprint density at radius 2 is 0.677 bits per heavy atom. The monoisotopic (exact) mass is 943 g/mol. The van der Waals surface area contributed by atoms with E-state index in [2.05, 4.69) is 0 Å². The minimum Gasteiger partial charge on any atom is -0.477 e. The van der Waals surface area contributed by atoms with E-state index in [0.29, 0.717) is 12.1 Å². The number of nitrogens with zero attached hydrogens (tertiary/aromatic N) is 1. The number of pyridine rings is 1.